The molecule has 0 N–H and O–H groups in total. The summed E-state index contributed by atoms with van der Waals surface area (Å²) in [6.45, 7) is 0. The van der Waals surface area contributed by atoms with Crippen LogP contribution in [0.1, 0.15) is 8.22 Å². The Bertz CT molecular complexity index is 3100. The predicted octanol–water partition coefficient (Wildman–Crippen LogP) is 12.8. The van der Waals surface area contributed by atoms with E-state index in [4.69, 9.17) is 0 Å². The van der Waals surface area contributed by atoms with Crippen molar-refractivity contribution in [1.29, 1.82) is 0 Å². The molecule has 0 aliphatic heterocycles. The molecule has 0 aliphatic carbocycles. The van der Waals surface area contributed by atoms with Gasteiger partial charge in [-0.1, -0.05) is 103 Å². The Hall–Kier alpha value is -7.50. The maximum atomic E-state index is 9.69. The average Bonchev–Trinajstić information content (AvgIpc) is 4.05. The van der Waals surface area contributed by atoms with Gasteiger partial charge in [-0.05, 0) is 140 Å². The second-order valence-corrected chi connectivity index (χ2v) is 13.2. The molecule has 55 heavy (non-hydrogen) atoms. The first-order chi connectivity index (χ1) is 29.7. The van der Waals surface area contributed by atoms with Gasteiger partial charge < -0.3 is 4.90 Å². The molecule has 2 heterocycles. The van der Waals surface area contributed by atoms with Gasteiger partial charge in [0.25, 0.3) is 0 Å². The summed E-state index contributed by atoms with van der Waals surface area (Å²) in [5, 5.41) is 10.6. The van der Waals surface area contributed by atoms with Gasteiger partial charge >= 0.3 is 0 Å². The molecule has 0 radical (unpaired) electrons. The molecular formula is C50H35N5. The fraction of sp³-hybridized carbons (Fsp3) is 0. The monoisotopic (exact) mass is 711 g/mol. The van der Waals surface area contributed by atoms with Gasteiger partial charge in [-0.3, -0.25) is 0 Å². The van der Waals surface area contributed by atoms with Crippen LogP contribution >= 0.6 is 0 Å². The summed E-state index contributed by atoms with van der Waals surface area (Å²) in [6, 6.07) is 47.5. The second-order valence-electron chi connectivity index (χ2n) is 13.2. The summed E-state index contributed by atoms with van der Waals surface area (Å²) in [6.07, 6.45) is 7.26. The fourth-order valence-electron chi connectivity index (χ4n) is 6.94. The van der Waals surface area contributed by atoms with Crippen molar-refractivity contribution in [3.63, 3.8) is 0 Å². The zero-order valence-electron chi connectivity index (χ0n) is 35.5. The first kappa shape index (κ1) is 26.3. The van der Waals surface area contributed by atoms with E-state index in [0.29, 0.717) is 16.9 Å². The lowest BCUT2D eigenvalue weighted by atomic mass is 9.98. The van der Waals surface area contributed by atoms with Crippen LogP contribution in [0.25, 0.3) is 66.3 Å². The predicted molar refractivity (Wildman–Crippen MR) is 227 cm³/mol. The second kappa shape index (κ2) is 13.8. The van der Waals surface area contributed by atoms with Crippen LogP contribution in [0.2, 0.25) is 0 Å². The van der Waals surface area contributed by atoms with Gasteiger partial charge in [0.2, 0.25) is 0 Å². The molecule has 0 spiro atoms. The molecule has 0 bridgehead atoms. The number of nitrogens with zero attached hydrogens (tertiary/aromatic N) is 5. The van der Waals surface area contributed by atoms with E-state index in [1.54, 1.807) is 26.7 Å². The summed E-state index contributed by atoms with van der Waals surface area (Å²) >= 11 is 0. The van der Waals surface area contributed by atoms with Crippen LogP contribution in [0, 0.1) is 0 Å². The molecule has 0 unspecified atom stereocenters. The Labute approximate surface area is 328 Å². The quantitative estimate of drug-likeness (QED) is 0.157. The SMILES string of the molecule is [2H]c1c(N(c2ccc(-c3ccc(-n4cccn4)cc3)cc2)c2ccc(-c3ccc(-n4cccn4)cc3)cc2)c([2H])c2c([2H])c([2H])c(-c3ccc4ccccc4c3)c([2H])c2c1[2H]. The van der Waals surface area contributed by atoms with Crippen LogP contribution in [0.15, 0.2) is 213 Å². The first-order valence-corrected chi connectivity index (χ1v) is 18.0. The maximum Gasteiger partial charge on any atom is 0.0651 e. The number of hydrogen-bond donors (Lipinski definition) is 0. The molecule has 0 saturated heterocycles. The smallest absolute Gasteiger partial charge is 0.0651 e. The van der Waals surface area contributed by atoms with Crippen LogP contribution in [-0.2, 0) is 0 Å². The minimum absolute atomic E-state index is 0.00525. The molecule has 0 amide bonds. The Morgan fingerprint density at radius 1 is 0.382 bits per heavy atom. The van der Waals surface area contributed by atoms with E-state index in [-0.39, 0.29) is 58.3 Å². The van der Waals surface area contributed by atoms with Gasteiger partial charge in [0.15, 0.2) is 0 Å². The number of aromatic nitrogens is 4. The largest absolute Gasteiger partial charge is 0.310 e. The van der Waals surface area contributed by atoms with E-state index in [9.17, 15) is 8.22 Å². The molecule has 0 atom stereocenters. The Kier molecular flexibility index (Phi) is 6.60. The van der Waals surface area contributed by atoms with Crippen LogP contribution in [0.4, 0.5) is 17.1 Å². The van der Waals surface area contributed by atoms with E-state index in [1.807, 2.05) is 164 Å². The number of anilines is 3. The molecule has 10 aromatic rings. The van der Waals surface area contributed by atoms with Gasteiger partial charge in [0.1, 0.15) is 0 Å². The third-order valence-electron chi connectivity index (χ3n) is 9.81. The number of fused-ring (bicyclic) bond motifs is 2. The molecule has 0 aliphatic rings. The normalized spacial score (nSPS) is 12.8. The van der Waals surface area contributed by atoms with E-state index in [1.165, 1.54) is 0 Å². The maximum absolute atomic E-state index is 9.69. The molecule has 5 nitrogen and oxygen atoms in total. The topological polar surface area (TPSA) is 38.9 Å². The summed E-state index contributed by atoms with van der Waals surface area (Å²) in [4.78, 5) is 1.77. The summed E-state index contributed by atoms with van der Waals surface area (Å²) < 4.78 is 60.0. The highest BCUT2D eigenvalue weighted by Crippen LogP contribution is 2.39. The first-order valence-electron chi connectivity index (χ1n) is 21.0. The zero-order valence-corrected chi connectivity index (χ0v) is 29.5. The minimum Gasteiger partial charge on any atom is -0.310 e. The van der Waals surface area contributed by atoms with E-state index >= 15 is 0 Å². The van der Waals surface area contributed by atoms with Crippen molar-refractivity contribution in [2.75, 3.05) is 4.90 Å². The van der Waals surface area contributed by atoms with Crippen molar-refractivity contribution in [1.82, 2.24) is 19.6 Å². The number of benzene rings is 8. The minimum atomic E-state index is -0.283. The molecular weight excluding hydrogens is 671 g/mol. The molecule has 0 saturated carbocycles. The zero-order chi connectivity index (χ0) is 41.8. The van der Waals surface area contributed by atoms with Crippen molar-refractivity contribution in [3.8, 4) is 44.8 Å². The van der Waals surface area contributed by atoms with E-state index in [0.717, 1.165) is 44.4 Å². The van der Waals surface area contributed by atoms with Gasteiger partial charge in [-0.25, -0.2) is 9.36 Å². The Morgan fingerprint density at radius 2 is 0.873 bits per heavy atom. The van der Waals surface area contributed by atoms with Crippen LogP contribution < -0.4 is 4.90 Å². The Balaban J connectivity index is 1.10. The number of hydrogen-bond acceptors (Lipinski definition) is 3. The summed E-state index contributed by atoms with van der Waals surface area (Å²) in [5.41, 5.74) is 7.87. The van der Waals surface area contributed by atoms with Crippen molar-refractivity contribution >= 4 is 38.6 Å². The van der Waals surface area contributed by atoms with Crippen LogP contribution in [0.5, 0.6) is 0 Å². The molecule has 8 aromatic carbocycles. The molecule has 0 fully saturated rings. The van der Waals surface area contributed by atoms with Gasteiger partial charge in [-0.2, -0.15) is 10.2 Å². The van der Waals surface area contributed by atoms with E-state index in [2.05, 4.69) is 10.2 Å². The van der Waals surface area contributed by atoms with Crippen LogP contribution in [-0.4, -0.2) is 19.6 Å². The van der Waals surface area contributed by atoms with E-state index < -0.39 is 0 Å². The number of rotatable bonds is 8. The molecule has 5 heteroatoms. The molecule has 10 rings (SSSR count). The van der Waals surface area contributed by atoms with Crippen molar-refractivity contribution in [2.45, 2.75) is 0 Å². The van der Waals surface area contributed by atoms with Gasteiger partial charge in [0.05, 0.1) is 19.6 Å². The highest BCUT2D eigenvalue weighted by molar-refractivity contribution is 5.94. The lowest BCUT2D eigenvalue weighted by molar-refractivity contribution is 0.881. The third-order valence-corrected chi connectivity index (χ3v) is 9.81. The highest BCUT2D eigenvalue weighted by atomic mass is 15.3. The highest BCUT2D eigenvalue weighted by Gasteiger charge is 2.15. The van der Waals surface area contributed by atoms with Crippen LogP contribution in [0.3, 0.4) is 0 Å². The van der Waals surface area contributed by atoms with Gasteiger partial charge in [0, 0.05) is 41.8 Å². The fourth-order valence-corrected chi connectivity index (χ4v) is 6.94. The third kappa shape index (κ3) is 6.34. The lowest BCUT2D eigenvalue weighted by Gasteiger charge is -2.26. The van der Waals surface area contributed by atoms with Crippen molar-refractivity contribution < 1.29 is 8.22 Å². The Morgan fingerprint density at radius 3 is 1.42 bits per heavy atom. The average molecular weight is 712 g/mol. The van der Waals surface area contributed by atoms with Crippen molar-refractivity contribution in [3.05, 3.63) is 213 Å². The molecule has 260 valence electrons. The van der Waals surface area contributed by atoms with Crippen molar-refractivity contribution in [2.24, 2.45) is 0 Å². The summed E-state index contributed by atoms with van der Waals surface area (Å²) in [7, 11) is 0. The van der Waals surface area contributed by atoms with Gasteiger partial charge in [-0.15, -0.1) is 0 Å². The standard InChI is InChI=1S/C50H35N5/c1-2-6-41-33-42(8-7-36(41)5-1)43-9-10-45-35-50(28-19-44(45)34-43)55(48-24-15-39(16-25-48)37-11-20-46(21-12-37)53-31-3-29-51-53)49-26-17-40(18-27-49)38-13-22-47(23-14-38)54-32-4-30-52-54/h1-35H/i9D,10D,19D,28D,34D,35D. The lowest BCUT2D eigenvalue weighted by Crippen LogP contribution is -2.09. The molecule has 2 aromatic heterocycles. The summed E-state index contributed by atoms with van der Waals surface area (Å²) in [5.74, 6) is 0.